The minimum Gasteiger partial charge on any atom is -0.508 e. The summed E-state index contributed by atoms with van der Waals surface area (Å²) in [5.74, 6) is -0.512. The number of aliphatic hydroxyl groups excluding tert-OH is 1. The van der Waals surface area contributed by atoms with Crippen molar-refractivity contribution in [2.75, 3.05) is 0 Å². The highest BCUT2D eigenvalue weighted by Gasteiger charge is 2.25. The Labute approximate surface area is 137 Å². The van der Waals surface area contributed by atoms with Gasteiger partial charge in [-0.15, -0.1) is 0 Å². The van der Waals surface area contributed by atoms with E-state index in [1.807, 2.05) is 0 Å². The van der Waals surface area contributed by atoms with Crippen LogP contribution in [0.15, 0.2) is 47.4 Å². The minimum atomic E-state index is -4.43. The molecule has 6 nitrogen and oxygen atoms in total. The summed E-state index contributed by atoms with van der Waals surface area (Å²) in [6.45, 7) is -2.70. The normalized spacial score (nSPS) is 14.4. The van der Waals surface area contributed by atoms with Crippen molar-refractivity contribution in [2.45, 2.75) is 23.8 Å². The van der Waals surface area contributed by atoms with Crippen LogP contribution in [0.2, 0.25) is 0 Å². The fourth-order valence-corrected chi connectivity index (χ4v) is 4.20. The maximum absolute atomic E-state index is 11.2. The average molecular weight is 356 g/mol. The molecule has 2 aromatic carbocycles. The molecule has 2 rings (SSSR count). The summed E-state index contributed by atoms with van der Waals surface area (Å²) in [7, 11) is 0. The van der Waals surface area contributed by atoms with Gasteiger partial charge in [0.15, 0.2) is 0 Å². The first-order chi connectivity index (χ1) is 10.7. The molecule has 0 aromatic heterocycles. The Balaban J connectivity index is 2.38. The molecule has 23 heavy (non-hydrogen) atoms. The largest absolute Gasteiger partial charge is 0.508 e. The van der Waals surface area contributed by atoms with E-state index in [0.29, 0.717) is 11.1 Å². The zero-order valence-electron chi connectivity index (χ0n) is 12.2. The van der Waals surface area contributed by atoms with E-state index < -0.39 is 18.8 Å². The van der Waals surface area contributed by atoms with E-state index in [1.165, 1.54) is 30.3 Å². The summed E-state index contributed by atoms with van der Waals surface area (Å²) in [5.41, 5.74) is 0.977. The molecule has 0 aliphatic rings. The molecule has 0 spiro atoms. The van der Waals surface area contributed by atoms with Crippen LogP contribution in [-0.4, -0.2) is 25.1 Å². The lowest BCUT2D eigenvalue weighted by molar-refractivity contribution is 0.149. The van der Waals surface area contributed by atoms with Gasteiger partial charge in [0.2, 0.25) is 0 Å². The van der Waals surface area contributed by atoms with Gasteiger partial charge in [0.25, 0.3) is 0 Å². The zero-order valence-corrected chi connectivity index (χ0v) is 13.9. The van der Waals surface area contributed by atoms with Gasteiger partial charge in [-0.25, -0.2) is 4.57 Å². The highest BCUT2D eigenvalue weighted by Crippen LogP contribution is 2.56. The van der Waals surface area contributed by atoms with Gasteiger partial charge < -0.3 is 25.1 Å². The number of aliphatic hydroxyl groups is 1. The second-order valence-corrected chi connectivity index (χ2v) is 8.71. The number of phenols is 2. The summed E-state index contributed by atoms with van der Waals surface area (Å²) < 4.78 is 11.2. The highest BCUT2D eigenvalue weighted by atomic mass is 32.7. The van der Waals surface area contributed by atoms with Crippen molar-refractivity contribution in [2.24, 2.45) is 0 Å². The number of benzene rings is 2. The second-order valence-electron chi connectivity index (χ2n) is 5.13. The van der Waals surface area contributed by atoms with E-state index in [2.05, 4.69) is 0 Å². The van der Waals surface area contributed by atoms with Crippen LogP contribution >= 0.6 is 18.2 Å². The highest BCUT2D eigenvalue weighted by molar-refractivity contribution is 8.54. The fraction of sp³-hybridized carbons (Fsp3) is 0.200. The van der Waals surface area contributed by atoms with Crippen LogP contribution in [0.1, 0.15) is 30.1 Å². The molecule has 0 amide bonds. The molecule has 0 aliphatic heterocycles. The van der Waals surface area contributed by atoms with Crippen molar-refractivity contribution in [3.63, 3.8) is 0 Å². The lowest BCUT2D eigenvalue weighted by Crippen LogP contribution is -2.08. The van der Waals surface area contributed by atoms with Crippen LogP contribution in [-0.2, 0) is 4.57 Å². The van der Waals surface area contributed by atoms with Crippen LogP contribution in [0.3, 0.4) is 0 Å². The number of phenolic OH excluding ortho intramolecular Hbond substituents is 2. The molecular formula is C15H17O6PS. The predicted octanol–water partition coefficient (Wildman–Crippen LogP) is 3.12. The summed E-state index contributed by atoms with van der Waals surface area (Å²) in [6, 6.07) is 10.4. The number of rotatable bonds is 5. The Morgan fingerprint density at radius 3 is 2.30 bits per heavy atom. The third-order valence-corrected chi connectivity index (χ3v) is 5.49. The Kier molecular flexibility index (Phi) is 5.39. The Morgan fingerprint density at radius 1 is 1.04 bits per heavy atom. The van der Waals surface area contributed by atoms with Crippen molar-refractivity contribution in [3.05, 3.63) is 53.6 Å². The Hall–Kier alpha value is -1.50. The van der Waals surface area contributed by atoms with Crippen LogP contribution in [0, 0.1) is 0 Å². The molecule has 0 aliphatic carbocycles. The standard InChI is InChI=1S/C15H17O6PS/c1-9(10-3-2-4-11(16)7-10)15(18)13-6-5-12(17)8-14(13)23-22(19,20)21/h2-9,15-18H,1H3,(H2,19,20,21). The summed E-state index contributed by atoms with van der Waals surface area (Å²) in [6.07, 6.45) is -1.06. The van der Waals surface area contributed by atoms with Crippen LogP contribution in [0.25, 0.3) is 0 Å². The lowest BCUT2D eigenvalue weighted by Gasteiger charge is -2.22. The van der Waals surface area contributed by atoms with Gasteiger partial charge >= 0.3 is 6.80 Å². The van der Waals surface area contributed by atoms with Gasteiger partial charge in [0.1, 0.15) is 11.5 Å². The van der Waals surface area contributed by atoms with Crippen molar-refractivity contribution in [1.82, 2.24) is 0 Å². The Bertz CT molecular complexity index is 744. The van der Waals surface area contributed by atoms with Gasteiger partial charge in [-0.05, 0) is 46.8 Å². The van der Waals surface area contributed by atoms with Crippen molar-refractivity contribution in [1.29, 1.82) is 0 Å². The average Bonchev–Trinajstić information content (AvgIpc) is 2.44. The molecule has 124 valence electrons. The van der Waals surface area contributed by atoms with Gasteiger partial charge in [0.05, 0.1) is 6.10 Å². The van der Waals surface area contributed by atoms with Crippen LogP contribution in [0.5, 0.6) is 11.5 Å². The molecule has 5 N–H and O–H groups in total. The summed E-state index contributed by atoms with van der Waals surface area (Å²) in [4.78, 5) is 18.4. The Morgan fingerprint density at radius 2 is 1.70 bits per heavy atom. The van der Waals surface area contributed by atoms with Crippen molar-refractivity contribution >= 4 is 18.2 Å². The summed E-state index contributed by atoms with van der Waals surface area (Å²) >= 11 is 0.283. The first kappa shape index (κ1) is 17.8. The second kappa shape index (κ2) is 6.95. The molecule has 8 heteroatoms. The molecule has 0 heterocycles. The van der Waals surface area contributed by atoms with E-state index >= 15 is 0 Å². The maximum atomic E-state index is 11.2. The first-order valence-corrected chi connectivity index (χ1v) is 9.76. The third kappa shape index (κ3) is 4.73. The molecular weight excluding hydrogens is 339 g/mol. The van der Waals surface area contributed by atoms with E-state index in [0.717, 1.165) is 0 Å². The SMILES string of the molecule is CC(c1cccc(O)c1)C(O)c1ccc(O)cc1SP(=O)(O)O. The van der Waals surface area contributed by atoms with Crippen molar-refractivity contribution < 1.29 is 29.7 Å². The molecule has 0 bridgehead atoms. The lowest BCUT2D eigenvalue weighted by atomic mass is 9.90. The molecule has 0 fully saturated rings. The molecule has 2 unspecified atom stereocenters. The van der Waals surface area contributed by atoms with Gasteiger partial charge in [-0.1, -0.05) is 25.1 Å². The number of hydrogen-bond donors (Lipinski definition) is 5. The topological polar surface area (TPSA) is 118 Å². The third-order valence-electron chi connectivity index (χ3n) is 3.40. The monoisotopic (exact) mass is 356 g/mol. The number of aromatic hydroxyl groups is 2. The van der Waals surface area contributed by atoms with E-state index in [4.69, 9.17) is 9.79 Å². The molecule has 0 saturated carbocycles. The maximum Gasteiger partial charge on any atom is 0.388 e. The smallest absolute Gasteiger partial charge is 0.388 e. The van der Waals surface area contributed by atoms with Gasteiger partial charge in [-0.3, -0.25) is 0 Å². The molecule has 2 aromatic rings. The molecule has 0 saturated heterocycles. The fourth-order valence-electron chi connectivity index (χ4n) is 2.23. The van der Waals surface area contributed by atoms with Crippen LogP contribution < -0.4 is 0 Å². The van der Waals surface area contributed by atoms with Gasteiger partial charge in [0, 0.05) is 10.8 Å². The zero-order chi connectivity index (χ0) is 17.2. The molecule has 0 radical (unpaired) electrons. The minimum absolute atomic E-state index is 0.0667. The van der Waals surface area contributed by atoms with E-state index in [-0.39, 0.29) is 27.8 Å². The predicted molar refractivity (Wildman–Crippen MR) is 87.5 cm³/mol. The summed E-state index contributed by atoms with van der Waals surface area (Å²) in [5, 5.41) is 29.6. The van der Waals surface area contributed by atoms with E-state index in [1.54, 1.807) is 19.1 Å². The first-order valence-electron chi connectivity index (χ1n) is 6.72. The quantitative estimate of drug-likeness (QED) is 0.522. The van der Waals surface area contributed by atoms with Gasteiger partial charge in [-0.2, -0.15) is 0 Å². The van der Waals surface area contributed by atoms with E-state index in [9.17, 15) is 19.9 Å². The van der Waals surface area contributed by atoms with Crippen LogP contribution in [0.4, 0.5) is 0 Å². The van der Waals surface area contributed by atoms with Crippen molar-refractivity contribution in [3.8, 4) is 11.5 Å². The number of hydrogen-bond acceptors (Lipinski definition) is 5. The molecule has 2 atom stereocenters.